The van der Waals surface area contributed by atoms with Gasteiger partial charge in [0.05, 0.1) is 5.92 Å². The van der Waals surface area contributed by atoms with Crippen LogP contribution in [0, 0.1) is 5.82 Å². The van der Waals surface area contributed by atoms with Crippen LogP contribution in [0.25, 0.3) is 11.5 Å². The molecule has 1 fully saturated rings. The average Bonchev–Trinajstić information content (AvgIpc) is 3.15. The minimum Gasteiger partial charge on any atom is -0.420 e. The molecule has 0 saturated carbocycles. The molecule has 5 nitrogen and oxygen atoms in total. The van der Waals surface area contributed by atoms with Crippen molar-refractivity contribution in [3.63, 3.8) is 0 Å². The molecule has 0 radical (unpaired) electrons. The van der Waals surface area contributed by atoms with Crippen LogP contribution in [0.1, 0.15) is 30.2 Å². The SMILES string of the molecule is Fc1ccccc1CN1CCC[C@H](c2nnc(-c3ccncc3)o2)C1. The standard InChI is InChI=1S/C19H19FN4O/c20-17-6-2-1-4-15(17)12-24-11-3-5-16(13-24)19-23-22-18(25-19)14-7-9-21-10-8-14/h1-2,4,6-10,16H,3,5,11-13H2/t16-/m0/s1. The van der Waals surface area contributed by atoms with Crippen LogP contribution in [0.4, 0.5) is 4.39 Å². The van der Waals surface area contributed by atoms with Crippen LogP contribution in [-0.4, -0.2) is 33.2 Å². The zero-order chi connectivity index (χ0) is 17.1. The molecule has 128 valence electrons. The Kier molecular flexibility index (Phi) is 4.52. The molecule has 6 heteroatoms. The van der Waals surface area contributed by atoms with Gasteiger partial charge in [0.2, 0.25) is 11.8 Å². The van der Waals surface area contributed by atoms with Crippen LogP contribution < -0.4 is 0 Å². The fraction of sp³-hybridized carbons (Fsp3) is 0.316. The Labute approximate surface area is 145 Å². The van der Waals surface area contributed by atoms with E-state index in [1.165, 1.54) is 6.07 Å². The predicted molar refractivity (Wildman–Crippen MR) is 91.2 cm³/mol. The third kappa shape index (κ3) is 3.58. The number of pyridine rings is 1. The van der Waals surface area contributed by atoms with Crippen molar-refractivity contribution in [2.45, 2.75) is 25.3 Å². The summed E-state index contributed by atoms with van der Waals surface area (Å²) in [7, 11) is 0. The predicted octanol–water partition coefficient (Wildman–Crippen LogP) is 3.65. The zero-order valence-electron chi connectivity index (χ0n) is 13.8. The van der Waals surface area contributed by atoms with Gasteiger partial charge in [0.15, 0.2) is 0 Å². The van der Waals surface area contributed by atoms with E-state index < -0.39 is 0 Å². The third-order valence-corrected chi connectivity index (χ3v) is 4.57. The van der Waals surface area contributed by atoms with E-state index in [2.05, 4.69) is 20.1 Å². The number of hydrogen-bond acceptors (Lipinski definition) is 5. The molecule has 0 amide bonds. The van der Waals surface area contributed by atoms with Gasteiger partial charge in [-0.05, 0) is 37.6 Å². The topological polar surface area (TPSA) is 55.1 Å². The molecule has 3 heterocycles. The van der Waals surface area contributed by atoms with Crippen molar-refractivity contribution in [1.29, 1.82) is 0 Å². The van der Waals surface area contributed by atoms with Gasteiger partial charge in [-0.15, -0.1) is 10.2 Å². The minimum absolute atomic E-state index is 0.151. The van der Waals surface area contributed by atoms with Gasteiger partial charge in [0.1, 0.15) is 5.82 Å². The first kappa shape index (κ1) is 15.9. The quantitative estimate of drug-likeness (QED) is 0.727. The summed E-state index contributed by atoms with van der Waals surface area (Å²) in [6, 6.07) is 10.6. The second-order valence-electron chi connectivity index (χ2n) is 6.35. The van der Waals surface area contributed by atoms with Crippen molar-refractivity contribution in [1.82, 2.24) is 20.1 Å². The van der Waals surface area contributed by atoms with E-state index in [0.717, 1.165) is 37.1 Å². The van der Waals surface area contributed by atoms with E-state index in [-0.39, 0.29) is 11.7 Å². The van der Waals surface area contributed by atoms with Crippen molar-refractivity contribution in [2.24, 2.45) is 0 Å². The molecule has 0 spiro atoms. The first-order valence-corrected chi connectivity index (χ1v) is 8.49. The van der Waals surface area contributed by atoms with Crippen molar-refractivity contribution >= 4 is 0 Å². The molecule has 4 rings (SSSR count). The lowest BCUT2D eigenvalue weighted by molar-refractivity contribution is 0.184. The lowest BCUT2D eigenvalue weighted by Crippen LogP contribution is -2.34. The van der Waals surface area contributed by atoms with Crippen LogP contribution in [0.5, 0.6) is 0 Å². The Morgan fingerprint density at radius 2 is 1.96 bits per heavy atom. The van der Waals surface area contributed by atoms with Gasteiger partial charge in [0, 0.05) is 36.6 Å². The van der Waals surface area contributed by atoms with E-state index in [0.29, 0.717) is 18.3 Å². The van der Waals surface area contributed by atoms with Crippen LogP contribution in [0.15, 0.2) is 53.2 Å². The Bertz CT molecular complexity index is 836. The van der Waals surface area contributed by atoms with E-state index in [4.69, 9.17) is 4.42 Å². The van der Waals surface area contributed by atoms with E-state index in [1.54, 1.807) is 18.5 Å². The van der Waals surface area contributed by atoms with Crippen molar-refractivity contribution < 1.29 is 8.81 Å². The van der Waals surface area contributed by atoms with E-state index >= 15 is 0 Å². The molecular formula is C19H19FN4O. The average molecular weight is 338 g/mol. The lowest BCUT2D eigenvalue weighted by Gasteiger charge is -2.31. The maximum atomic E-state index is 13.9. The molecular weight excluding hydrogens is 319 g/mol. The number of nitrogens with zero attached hydrogens (tertiary/aromatic N) is 4. The molecule has 0 unspecified atom stereocenters. The number of rotatable bonds is 4. The largest absolute Gasteiger partial charge is 0.420 e. The molecule has 1 aliphatic rings. The lowest BCUT2D eigenvalue weighted by atomic mass is 9.97. The summed E-state index contributed by atoms with van der Waals surface area (Å²) >= 11 is 0. The van der Waals surface area contributed by atoms with Crippen LogP contribution in [0.3, 0.4) is 0 Å². The normalized spacial score (nSPS) is 18.4. The maximum absolute atomic E-state index is 13.9. The van der Waals surface area contributed by atoms with E-state index in [9.17, 15) is 4.39 Å². The van der Waals surface area contributed by atoms with Crippen molar-refractivity contribution in [3.05, 3.63) is 66.1 Å². The highest BCUT2D eigenvalue weighted by Gasteiger charge is 2.26. The van der Waals surface area contributed by atoms with Gasteiger partial charge in [-0.3, -0.25) is 9.88 Å². The van der Waals surface area contributed by atoms with Crippen molar-refractivity contribution in [2.75, 3.05) is 13.1 Å². The molecule has 1 aromatic carbocycles. The molecule has 3 aromatic rings. The number of benzene rings is 1. The maximum Gasteiger partial charge on any atom is 0.247 e. The number of aromatic nitrogens is 3. The van der Waals surface area contributed by atoms with Gasteiger partial charge in [0.25, 0.3) is 0 Å². The number of hydrogen-bond donors (Lipinski definition) is 0. The number of likely N-dealkylation sites (tertiary alicyclic amines) is 1. The van der Waals surface area contributed by atoms with Gasteiger partial charge in [-0.1, -0.05) is 18.2 Å². The highest BCUT2D eigenvalue weighted by Crippen LogP contribution is 2.29. The molecule has 0 bridgehead atoms. The fourth-order valence-electron chi connectivity index (χ4n) is 3.28. The van der Waals surface area contributed by atoms with Gasteiger partial charge in [-0.25, -0.2) is 4.39 Å². The molecule has 1 aliphatic heterocycles. The van der Waals surface area contributed by atoms with E-state index in [1.807, 2.05) is 24.3 Å². The summed E-state index contributed by atoms with van der Waals surface area (Å²) in [4.78, 5) is 6.25. The summed E-state index contributed by atoms with van der Waals surface area (Å²) in [5, 5.41) is 8.40. The smallest absolute Gasteiger partial charge is 0.247 e. The fourth-order valence-corrected chi connectivity index (χ4v) is 3.28. The Morgan fingerprint density at radius 1 is 1.12 bits per heavy atom. The molecule has 0 aliphatic carbocycles. The Morgan fingerprint density at radius 3 is 2.80 bits per heavy atom. The zero-order valence-corrected chi connectivity index (χ0v) is 13.8. The van der Waals surface area contributed by atoms with Gasteiger partial charge >= 0.3 is 0 Å². The molecule has 2 aromatic heterocycles. The summed E-state index contributed by atoms with van der Waals surface area (Å²) in [5.41, 5.74) is 1.60. The summed E-state index contributed by atoms with van der Waals surface area (Å²) in [5.74, 6) is 1.21. The highest BCUT2D eigenvalue weighted by atomic mass is 19.1. The molecule has 25 heavy (non-hydrogen) atoms. The van der Waals surface area contributed by atoms with Crippen LogP contribution in [0.2, 0.25) is 0 Å². The number of halogens is 1. The summed E-state index contributed by atoms with van der Waals surface area (Å²) in [6.45, 7) is 2.36. The monoisotopic (exact) mass is 338 g/mol. The number of piperidine rings is 1. The Balaban J connectivity index is 1.46. The highest BCUT2D eigenvalue weighted by molar-refractivity contribution is 5.50. The second kappa shape index (κ2) is 7.11. The summed E-state index contributed by atoms with van der Waals surface area (Å²) < 4.78 is 19.8. The summed E-state index contributed by atoms with van der Waals surface area (Å²) in [6.07, 6.45) is 5.45. The third-order valence-electron chi connectivity index (χ3n) is 4.57. The molecule has 1 atom stereocenters. The van der Waals surface area contributed by atoms with Gasteiger partial charge < -0.3 is 4.42 Å². The molecule has 0 N–H and O–H groups in total. The first-order chi connectivity index (χ1) is 12.3. The molecule has 1 saturated heterocycles. The van der Waals surface area contributed by atoms with Crippen LogP contribution >= 0.6 is 0 Å². The first-order valence-electron chi connectivity index (χ1n) is 8.49. The van der Waals surface area contributed by atoms with Crippen LogP contribution in [-0.2, 0) is 6.54 Å². The second-order valence-corrected chi connectivity index (χ2v) is 6.35. The van der Waals surface area contributed by atoms with Gasteiger partial charge in [-0.2, -0.15) is 0 Å². The Hall–Kier alpha value is -2.60. The van der Waals surface area contributed by atoms with Crippen molar-refractivity contribution in [3.8, 4) is 11.5 Å². The minimum atomic E-state index is -0.151.